The zero-order valence-corrected chi connectivity index (χ0v) is 29.0. The first-order valence-corrected chi connectivity index (χ1v) is 15.8. The molecule has 48 heavy (non-hydrogen) atoms. The van der Waals surface area contributed by atoms with Gasteiger partial charge in [0.15, 0.2) is 23.3 Å². The number of allylic oxidation sites excluding steroid dienone is 1. The molecule has 4 N–H and O–H groups in total. The molecule has 22 heteroatoms. The molecule has 6 rings (SSSR count). The number of rotatable bonds is 8. The van der Waals surface area contributed by atoms with Gasteiger partial charge >= 0.3 is 41.5 Å². The predicted octanol–water partition coefficient (Wildman–Crippen LogP) is -4.87. The molecule has 4 aliphatic heterocycles. The Morgan fingerprint density at radius 2 is 2.02 bits per heavy atom. The van der Waals surface area contributed by atoms with E-state index in [9.17, 15) is 39.1 Å². The Morgan fingerprint density at radius 1 is 1.25 bits per heavy atom. The fraction of sp³-hybridized carbons (Fsp3) is 0.423. The van der Waals surface area contributed by atoms with Crippen molar-refractivity contribution < 1.29 is 77.4 Å². The first-order valence-electron chi connectivity index (χ1n) is 14.0. The van der Waals surface area contributed by atoms with Gasteiger partial charge in [0.1, 0.15) is 11.4 Å². The molecular formula is C26H25N8NaO11S2. The normalized spacial score (nSPS) is 23.3. The van der Waals surface area contributed by atoms with E-state index in [4.69, 9.17) is 19.3 Å². The second-order valence-electron chi connectivity index (χ2n) is 10.7. The number of nitrogen functional groups attached to an aromatic ring is 1. The largest absolute Gasteiger partial charge is 1.00 e. The van der Waals surface area contributed by atoms with Gasteiger partial charge in [-0.2, -0.15) is 9.36 Å². The van der Waals surface area contributed by atoms with Gasteiger partial charge < -0.3 is 49.5 Å². The summed E-state index contributed by atoms with van der Waals surface area (Å²) in [4.78, 5) is 83.0. The van der Waals surface area contributed by atoms with Crippen LogP contribution in [-0.4, -0.2) is 108 Å². The van der Waals surface area contributed by atoms with Crippen LogP contribution in [0.4, 0.5) is 9.93 Å². The molecular weight excluding hydrogens is 687 g/mol. The average molecular weight is 713 g/mol. The Hall–Kier alpha value is -4.18. The van der Waals surface area contributed by atoms with Crippen LogP contribution in [0.1, 0.15) is 30.2 Å². The number of amides is 4. The topological polar surface area (TPSA) is 267 Å². The Labute approximate surface area is 300 Å². The summed E-state index contributed by atoms with van der Waals surface area (Å²) in [5.74, 6) is -4.41. The van der Waals surface area contributed by atoms with Crippen LogP contribution in [0.2, 0.25) is 0 Å². The van der Waals surface area contributed by atoms with Crippen molar-refractivity contribution in [3.05, 3.63) is 50.9 Å². The first kappa shape index (κ1) is 35.1. The number of nitrogens with two attached hydrogens (primary N) is 1. The summed E-state index contributed by atoms with van der Waals surface area (Å²) in [5, 5.41) is 26.1. The molecule has 2 aromatic heterocycles. The molecule has 3 saturated heterocycles. The quantitative estimate of drug-likeness (QED) is 0.0578. The maximum absolute atomic E-state index is 13.4. The summed E-state index contributed by atoms with van der Waals surface area (Å²) in [6.45, 7) is 2.09. The van der Waals surface area contributed by atoms with E-state index < -0.39 is 52.5 Å². The summed E-state index contributed by atoms with van der Waals surface area (Å²) in [6.07, 6.45) is 1.60. The van der Waals surface area contributed by atoms with Gasteiger partial charge in [0.25, 0.3) is 11.8 Å². The van der Waals surface area contributed by atoms with E-state index in [1.54, 1.807) is 4.90 Å². The van der Waals surface area contributed by atoms with Crippen LogP contribution in [0, 0.1) is 6.92 Å². The Kier molecular flexibility index (Phi) is 10.3. The molecule has 4 amide bonds. The number of anilines is 1. The summed E-state index contributed by atoms with van der Waals surface area (Å²) >= 11 is 1.94. The monoisotopic (exact) mass is 712 g/mol. The van der Waals surface area contributed by atoms with Gasteiger partial charge in [0.2, 0.25) is 17.4 Å². The molecule has 19 nitrogen and oxygen atoms in total. The van der Waals surface area contributed by atoms with Crippen molar-refractivity contribution in [2.45, 2.75) is 43.8 Å². The van der Waals surface area contributed by atoms with Crippen molar-refractivity contribution in [3.63, 3.8) is 0 Å². The number of likely N-dealkylation sites (tertiary alicyclic amines) is 2. The number of hydrogen-bond donors (Lipinski definition) is 3. The number of aliphatic carboxylic acids is 1. The number of carboxylic acids is 1. The van der Waals surface area contributed by atoms with Gasteiger partial charge in [-0.1, -0.05) is 5.16 Å². The maximum atomic E-state index is 13.4. The minimum absolute atomic E-state index is 0. The van der Waals surface area contributed by atoms with E-state index in [2.05, 4.69) is 19.8 Å². The number of thioether (sulfide) groups is 1. The van der Waals surface area contributed by atoms with Crippen LogP contribution in [0.3, 0.4) is 0 Å². The van der Waals surface area contributed by atoms with Gasteiger partial charge in [-0.3, -0.25) is 19.3 Å². The van der Waals surface area contributed by atoms with Gasteiger partial charge in [-0.15, -0.1) is 11.8 Å². The smallest absolute Gasteiger partial charge is 0.543 e. The Morgan fingerprint density at radius 3 is 2.67 bits per heavy atom. The average Bonchev–Trinajstić information content (AvgIpc) is 3.83. The van der Waals surface area contributed by atoms with Crippen LogP contribution in [0.15, 0.2) is 41.7 Å². The number of nitrogens with zero attached hydrogens (tertiary/aromatic N) is 6. The van der Waals surface area contributed by atoms with Crippen molar-refractivity contribution in [1.29, 1.82) is 0 Å². The van der Waals surface area contributed by atoms with E-state index in [0.29, 0.717) is 31.5 Å². The molecule has 0 bridgehead atoms. The third-order valence-electron chi connectivity index (χ3n) is 7.98. The van der Waals surface area contributed by atoms with Gasteiger partial charge in [-0.25, -0.2) is 9.59 Å². The van der Waals surface area contributed by atoms with Crippen LogP contribution < -0.4 is 51.5 Å². The van der Waals surface area contributed by atoms with E-state index in [1.165, 1.54) is 29.7 Å². The number of nitrogens with one attached hydrogen (secondary N) is 1. The van der Waals surface area contributed by atoms with Crippen molar-refractivity contribution in [2.75, 3.05) is 31.1 Å². The number of carbonyl (C=O) groups excluding carboxylic acids is 5. The van der Waals surface area contributed by atoms with E-state index in [-0.39, 0.29) is 88.5 Å². The van der Waals surface area contributed by atoms with Gasteiger partial charge in [-0.05, 0) is 31.4 Å². The number of aromatic nitrogens is 2. The number of hydrogen-bond acceptors (Lipinski definition) is 17. The second-order valence-corrected chi connectivity index (χ2v) is 12.6. The van der Waals surface area contributed by atoms with Gasteiger partial charge in [0, 0.05) is 42.5 Å². The third-order valence-corrected chi connectivity index (χ3v) is 9.82. The molecule has 0 aliphatic carbocycles. The van der Waals surface area contributed by atoms with Crippen LogP contribution in [0.5, 0.6) is 0 Å². The molecule has 0 radical (unpaired) electrons. The molecule has 6 heterocycles. The van der Waals surface area contributed by atoms with Crippen LogP contribution >= 0.6 is 23.3 Å². The van der Waals surface area contributed by atoms with Crippen molar-refractivity contribution >= 4 is 63.9 Å². The SMILES string of the molecule is Cc1oc(=O)oc1COC(=O)N1CCC(N2CCC(=CC3=C(C(=O)[O-])N4C(=O)C(NC(=O)C(=NO)c5nsc(N)n5)C4SC3)C2=O)C1.[Na+]. The minimum atomic E-state index is -1.63. The number of carboxylic acid groups (broad SMARTS) is 1. The number of fused-ring (bicyclic) bond motifs is 1. The number of ether oxygens (including phenoxy) is 1. The summed E-state index contributed by atoms with van der Waals surface area (Å²) in [5.41, 5.74) is 5.07. The fourth-order valence-electron chi connectivity index (χ4n) is 5.69. The third kappa shape index (κ3) is 6.59. The zero-order valence-electron chi connectivity index (χ0n) is 25.4. The Bertz CT molecular complexity index is 1830. The second kappa shape index (κ2) is 14.1. The van der Waals surface area contributed by atoms with E-state index >= 15 is 0 Å². The van der Waals surface area contributed by atoms with Crippen molar-refractivity contribution in [3.8, 4) is 0 Å². The number of β-lactam (4-membered cyclic amide) rings is 1. The predicted molar refractivity (Wildman–Crippen MR) is 156 cm³/mol. The Balaban J connectivity index is 0.00000451. The van der Waals surface area contributed by atoms with Crippen molar-refractivity contribution in [2.24, 2.45) is 5.16 Å². The zero-order chi connectivity index (χ0) is 33.6. The number of aryl methyl sites for hydroxylation is 1. The molecule has 0 spiro atoms. The van der Waals surface area contributed by atoms with Crippen LogP contribution in [-0.2, 0) is 30.5 Å². The fourth-order valence-corrected chi connectivity index (χ4v) is 7.43. The molecule has 3 unspecified atom stereocenters. The molecule has 3 fully saturated rings. The van der Waals surface area contributed by atoms with E-state index in [1.807, 2.05) is 0 Å². The van der Waals surface area contributed by atoms with E-state index in [0.717, 1.165) is 16.4 Å². The molecule has 0 saturated carbocycles. The number of carbonyl (C=O) groups is 5. The summed E-state index contributed by atoms with van der Waals surface area (Å²) in [7, 11) is 0. The molecule has 4 aliphatic rings. The van der Waals surface area contributed by atoms with Crippen LogP contribution in [0.25, 0.3) is 0 Å². The molecule has 2 aromatic rings. The maximum Gasteiger partial charge on any atom is 1.00 e. The van der Waals surface area contributed by atoms with Gasteiger partial charge in [0.05, 0.1) is 17.7 Å². The first-order chi connectivity index (χ1) is 22.5. The van der Waals surface area contributed by atoms with Crippen molar-refractivity contribution in [1.82, 2.24) is 29.4 Å². The summed E-state index contributed by atoms with van der Waals surface area (Å²) in [6, 6.07) is -1.45. The minimum Gasteiger partial charge on any atom is -0.543 e. The number of oxime groups is 1. The molecule has 3 atom stereocenters. The summed E-state index contributed by atoms with van der Waals surface area (Å²) < 4.78 is 18.6. The molecule has 0 aromatic carbocycles. The standard InChI is InChI=1S/C26H26N8O11S2.Na/c1-10-14(45-26(41)44-10)8-43-25(40)32-4-3-13(7-32)33-5-2-11(20(33)36)6-12-9-46-22-16(21(37)34(22)17(12)23(38)39)28-19(35)15(30-42)18-29-24(27)47-31-18;/h6,13,16,22,42H,2-5,7-9H2,1H3,(H,28,35)(H,38,39)(H2,27,29,31);/q;+1/p-1. The molecule has 248 valence electrons.